The first-order chi connectivity index (χ1) is 15.5. The van der Waals surface area contributed by atoms with Crippen molar-refractivity contribution in [3.8, 4) is 22.8 Å². The van der Waals surface area contributed by atoms with Crippen LogP contribution in [0.5, 0.6) is 11.5 Å². The molecule has 9 heteroatoms. The molecule has 1 aliphatic carbocycles. The highest BCUT2D eigenvalue weighted by Crippen LogP contribution is 2.37. The molecule has 0 aliphatic heterocycles. The fraction of sp³-hybridized carbons (Fsp3) is 0.174. The van der Waals surface area contributed by atoms with Crippen LogP contribution in [0, 0.1) is 5.82 Å². The van der Waals surface area contributed by atoms with E-state index in [2.05, 4.69) is 20.6 Å². The van der Waals surface area contributed by atoms with E-state index in [0.29, 0.717) is 16.7 Å². The minimum absolute atomic E-state index is 0.0514. The van der Waals surface area contributed by atoms with Crippen molar-refractivity contribution in [1.29, 1.82) is 0 Å². The molecule has 2 N–H and O–H groups in total. The highest BCUT2D eigenvalue weighted by Gasteiger charge is 2.24. The predicted octanol–water partition coefficient (Wildman–Crippen LogP) is 5.50. The standard InChI is InChI=1S/C23H19ClFN5O2/c1-30-11-18(27-12-30)13-2-5-15-17(10-13)26-9-8-19(15)32-20-7-6-16(21(24)22(20)25)29-23(31)28-14-3-4-14/h2,5-12,14H,3-4H2,1H3,(H2,28,29,31). The smallest absolute Gasteiger partial charge is 0.319 e. The molecule has 0 unspecified atom stereocenters. The van der Waals surface area contributed by atoms with Gasteiger partial charge in [-0.25, -0.2) is 14.2 Å². The lowest BCUT2D eigenvalue weighted by Crippen LogP contribution is -2.30. The van der Waals surface area contributed by atoms with Gasteiger partial charge in [-0.3, -0.25) is 4.98 Å². The number of rotatable bonds is 5. The van der Waals surface area contributed by atoms with Crippen LogP contribution in [0.4, 0.5) is 14.9 Å². The van der Waals surface area contributed by atoms with Gasteiger partial charge in [0.1, 0.15) is 10.8 Å². The molecule has 7 nitrogen and oxygen atoms in total. The van der Waals surface area contributed by atoms with Gasteiger partial charge in [-0.15, -0.1) is 0 Å². The largest absolute Gasteiger partial charge is 0.453 e. The van der Waals surface area contributed by atoms with Crippen LogP contribution >= 0.6 is 11.6 Å². The van der Waals surface area contributed by atoms with Gasteiger partial charge in [-0.1, -0.05) is 17.7 Å². The molecule has 2 amide bonds. The monoisotopic (exact) mass is 451 g/mol. The number of urea groups is 1. The molecule has 1 saturated carbocycles. The highest BCUT2D eigenvalue weighted by atomic mass is 35.5. The van der Waals surface area contributed by atoms with Gasteiger partial charge in [0.2, 0.25) is 0 Å². The van der Waals surface area contributed by atoms with E-state index in [1.165, 1.54) is 12.1 Å². The predicted molar refractivity (Wildman–Crippen MR) is 121 cm³/mol. The quantitative estimate of drug-likeness (QED) is 0.419. The third kappa shape index (κ3) is 4.09. The maximum absolute atomic E-state index is 14.9. The molecular formula is C23H19ClFN5O2. The van der Waals surface area contributed by atoms with E-state index < -0.39 is 11.8 Å². The zero-order valence-corrected chi connectivity index (χ0v) is 17.9. The number of amides is 2. The summed E-state index contributed by atoms with van der Waals surface area (Å²) in [6.07, 6.45) is 7.14. The van der Waals surface area contributed by atoms with Gasteiger partial charge in [0.15, 0.2) is 11.6 Å². The minimum Gasteiger partial charge on any atom is -0.453 e. The molecular weight excluding hydrogens is 433 g/mol. The Morgan fingerprint density at radius 3 is 2.78 bits per heavy atom. The van der Waals surface area contributed by atoms with Crippen LogP contribution in [-0.4, -0.2) is 26.6 Å². The summed E-state index contributed by atoms with van der Waals surface area (Å²) in [5, 5.41) is 5.84. The number of pyridine rings is 1. The van der Waals surface area contributed by atoms with Gasteiger partial charge in [0, 0.05) is 36.4 Å². The third-order valence-electron chi connectivity index (χ3n) is 5.13. The fourth-order valence-corrected chi connectivity index (χ4v) is 3.53. The van der Waals surface area contributed by atoms with E-state index in [-0.39, 0.29) is 22.5 Å². The molecule has 0 spiro atoms. The molecule has 32 heavy (non-hydrogen) atoms. The molecule has 1 fully saturated rings. The first-order valence-corrected chi connectivity index (χ1v) is 10.5. The van der Waals surface area contributed by atoms with Crippen molar-refractivity contribution < 1.29 is 13.9 Å². The van der Waals surface area contributed by atoms with E-state index in [1.54, 1.807) is 18.6 Å². The van der Waals surface area contributed by atoms with Gasteiger partial charge in [0.05, 0.1) is 23.2 Å². The van der Waals surface area contributed by atoms with Crippen LogP contribution < -0.4 is 15.4 Å². The number of imidazole rings is 1. The van der Waals surface area contributed by atoms with E-state index in [4.69, 9.17) is 16.3 Å². The molecule has 4 aromatic rings. The van der Waals surface area contributed by atoms with Gasteiger partial charge in [-0.2, -0.15) is 0 Å². The molecule has 0 saturated heterocycles. The summed E-state index contributed by atoms with van der Waals surface area (Å²) in [7, 11) is 1.90. The Bertz CT molecular complexity index is 1340. The van der Waals surface area contributed by atoms with Gasteiger partial charge < -0.3 is 19.9 Å². The van der Waals surface area contributed by atoms with E-state index in [1.807, 2.05) is 36.0 Å². The molecule has 0 atom stereocenters. The molecule has 5 rings (SSSR count). The summed E-state index contributed by atoms with van der Waals surface area (Å²) in [6.45, 7) is 0. The Balaban J connectivity index is 1.41. The highest BCUT2D eigenvalue weighted by molar-refractivity contribution is 6.34. The SMILES string of the molecule is Cn1cnc(-c2ccc3c(Oc4ccc(NC(=O)NC5CC5)c(Cl)c4F)ccnc3c2)c1. The maximum Gasteiger partial charge on any atom is 0.319 e. The number of halogens is 2. The van der Waals surface area contributed by atoms with Gasteiger partial charge >= 0.3 is 6.03 Å². The van der Waals surface area contributed by atoms with Crippen LogP contribution in [0.1, 0.15) is 12.8 Å². The number of nitrogens with zero attached hydrogens (tertiary/aromatic N) is 3. The number of anilines is 1. The number of nitrogens with one attached hydrogen (secondary N) is 2. The van der Waals surface area contributed by atoms with Gasteiger partial charge in [0.25, 0.3) is 0 Å². The van der Waals surface area contributed by atoms with Crippen molar-refractivity contribution in [2.24, 2.45) is 7.05 Å². The first kappa shape index (κ1) is 20.3. The lowest BCUT2D eigenvalue weighted by Gasteiger charge is -2.13. The first-order valence-electron chi connectivity index (χ1n) is 10.1. The van der Waals surface area contributed by atoms with Crippen molar-refractivity contribution >= 4 is 34.2 Å². The number of carbonyl (C=O) groups excluding carboxylic acids is 1. The summed E-state index contributed by atoms with van der Waals surface area (Å²) in [5.41, 5.74) is 2.60. The fourth-order valence-electron chi connectivity index (χ4n) is 3.33. The number of carbonyl (C=O) groups is 1. The van der Waals surface area contributed by atoms with Gasteiger partial charge in [-0.05, 0) is 43.2 Å². The molecule has 162 valence electrons. The van der Waals surface area contributed by atoms with Crippen molar-refractivity contribution in [2.75, 3.05) is 5.32 Å². The van der Waals surface area contributed by atoms with Crippen LogP contribution in [0.3, 0.4) is 0 Å². The summed E-state index contributed by atoms with van der Waals surface area (Å²) in [4.78, 5) is 20.7. The second-order valence-corrected chi connectivity index (χ2v) is 8.06. The molecule has 2 aromatic carbocycles. The van der Waals surface area contributed by atoms with E-state index in [0.717, 1.165) is 24.1 Å². The zero-order valence-electron chi connectivity index (χ0n) is 17.1. The lowest BCUT2D eigenvalue weighted by atomic mass is 10.1. The maximum atomic E-state index is 14.9. The van der Waals surface area contributed by atoms with Crippen LogP contribution in [0.25, 0.3) is 22.2 Å². The second kappa shape index (κ2) is 8.12. The normalized spacial score (nSPS) is 13.2. The Labute approximate surface area is 188 Å². The molecule has 0 radical (unpaired) electrons. The number of aromatic nitrogens is 3. The Kier molecular flexibility index (Phi) is 5.14. The van der Waals surface area contributed by atoms with Crippen molar-refractivity contribution in [2.45, 2.75) is 18.9 Å². The van der Waals surface area contributed by atoms with Crippen molar-refractivity contribution in [3.05, 3.63) is 66.0 Å². The van der Waals surface area contributed by atoms with E-state index in [9.17, 15) is 9.18 Å². The lowest BCUT2D eigenvalue weighted by molar-refractivity contribution is 0.251. The second-order valence-electron chi connectivity index (χ2n) is 7.68. The number of hydrogen-bond acceptors (Lipinski definition) is 4. The average molecular weight is 452 g/mol. The summed E-state index contributed by atoms with van der Waals surface area (Å²) in [5.74, 6) is -0.375. The minimum atomic E-state index is -0.758. The third-order valence-corrected chi connectivity index (χ3v) is 5.50. The Hall–Kier alpha value is -3.65. The van der Waals surface area contributed by atoms with Crippen LogP contribution in [0.15, 0.2) is 55.1 Å². The van der Waals surface area contributed by atoms with Crippen molar-refractivity contribution in [3.63, 3.8) is 0 Å². The topological polar surface area (TPSA) is 81.1 Å². The number of benzene rings is 2. The number of fused-ring (bicyclic) bond motifs is 1. The van der Waals surface area contributed by atoms with E-state index >= 15 is 0 Å². The van der Waals surface area contributed by atoms with Crippen molar-refractivity contribution in [1.82, 2.24) is 19.9 Å². The molecule has 0 bridgehead atoms. The number of ether oxygens (including phenoxy) is 1. The zero-order chi connectivity index (χ0) is 22.2. The Morgan fingerprint density at radius 2 is 2.03 bits per heavy atom. The summed E-state index contributed by atoms with van der Waals surface area (Å²) in [6, 6.07) is 10.0. The number of hydrogen-bond donors (Lipinski definition) is 2. The van der Waals surface area contributed by atoms with Crippen LogP contribution in [-0.2, 0) is 7.05 Å². The molecule has 1 aliphatic rings. The summed E-state index contributed by atoms with van der Waals surface area (Å²) < 4.78 is 22.6. The average Bonchev–Trinajstić information content (AvgIpc) is 3.49. The number of aryl methyl sites for hydroxylation is 1. The summed E-state index contributed by atoms with van der Waals surface area (Å²) >= 11 is 6.15. The molecule has 2 aromatic heterocycles. The Morgan fingerprint density at radius 1 is 1.19 bits per heavy atom. The molecule has 2 heterocycles. The van der Waals surface area contributed by atoms with Crippen LogP contribution in [0.2, 0.25) is 5.02 Å².